The summed E-state index contributed by atoms with van der Waals surface area (Å²) in [4.78, 5) is 31.0. The van der Waals surface area contributed by atoms with Crippen LogP contribution in [0.2, 0.25) is 0 Å². The third-order valence-electron chi connectivity index (χ3n) is 6.68. The average molecular weight is 451 g/mol. The topological polar surface area (TPSA) is 65.1 Å². The lowest BCUT2D eigenvalue weighted by Crippen LogP contribution is -2.48. The Bertz CT molecular complexity index is 780. The Morgan fingerprint density at radius 3 is 2.45 bits per heavy atom. The molecule has 1 atom stereocenters. The van der Waals surface area contributed by atoms with Gasteiger partial charge in [-0.15, -0.1) is 12.4 Å². The van der Waals surface area contributed by atoms with Crippen LogP contribution in [0, 0.1) is 5.92 Å². The zero-order chi connectivity index (χ0) is 21.1. The minimum Gasteiger partial charge on any atom is -0.491 e. The molecule has 0 aromatic heterocycles. The van der Waals surface area contributed by atoms with Crippen molar-refractivity contribution in [1.29, 1.82) is 0 Å². The van der Waals surface area contributed by atoms with Crippen LogP contribution in [0.3, 0.4) is 0 Å². The van der Waals surface area contributed by atoms with Crippen molar-refractivity contribution < 1.29 is 14.3 Å². The van der Waals surface area contributed by atoms with Crippen molar-refractivity contribution in [3.05, 3.63) is 24.3 Å². The molecule has 2 heterocycles. The van der Waals surface area contributed by atoms with Gasteiger partial charge in [0.1, 0.15) is 11.3 Å². The zero-order valence-corrected chi connectivity index (χ0v) is 19.5. The molecule has 0 radical (unpaired) electrons. The molecule has 1 aliphatic carbocycles. The highest BCUT2D eigenvalue weighted by Gasteiger charge is 2.46. The molecule has 2 amide bonds. The standard InChI is InChI=1S/C23H34N4O3.ClH/c1-23(24-2)16-21(28)27(22(23)29)11-5-10-25-12-14-26(15-13-25)19-6-3-4-7-20(19)30-17-18-8-9-18;/h3-4,6-7,18,24H,5,8-17H2,1-2H3;1H. The van der Waals surface area contributed by atoms with Crippen molar-refractivity contribution in [2.24, 2.45) is 5.92 Å². The molecule has 1 unspecified atom stereocenters. The summed E-state index contributed by atoms with van der Waals surface area (Å²) in [6.07, 6.45) is 3.66. The largest absolute Gasteiger partial charge is 0.491 e. The molecule has 4 rings (SSSR count). The van der Waals surface area contributed by atoms with Crippen LogP contribution >= 0.6 is 12.4 Å². The number of halogens is 1. The van der Waals surface area contributed by atoms with Gasteiger partial charge >= 0.3 is 0 Å². The van der Waals surface area contributed by atoms with Crippen molar-refractivity contribution in [3.63, 3.8) is 0 Å². The summed E-state index contributed by atoms with van der Waals surface area (Å²) >= 11 is 0. The number of amides is 2. The second-order valence-corrected chi connectivity index (χ2v) is 9.01. The number of imide groups is 1. The first-order chi connectivity index (χ1) is 14.5. The number of benzene rings is 1. The Labute approximate surface area is 191 Å². The van der Waals surface area contributed by atoms with Gasteiger partial charge in [-0.25, -0.2) is 0 Å². The van der Waals surface area contributed by atoms with Gasteiger partial charge in [0.15, 0.2) is 0 Å². The summed E-state index contributed by atoms with van der Waals surface area (Å²) in [6, 6.07) is 8.35. The van der Waals surface area contributed by atoms with Crippen molar-refractivity contribution >= 4 is 29.9 Å². The first kappa shape index (κ1) is 23.8. The monoisotopic (exact) mass is 450 g/mol. The number of hydrogen-bond donors (Lipinski definition) is 1. The molecule has 2 aliphatic heterocycles. The normalized spacial score (nSPS) is 24.5. The third kappa shape index (κ3) is 5.51. The number of rotatable bonds is 9. The molecule has 0 bridgehead atoms. The molecule has 3 fully saturated rings. The lowest BCUT2D eigenvalue weighted by molar-refractivity contribution is -0.140. The fraction of sp³-hybridized carbons (Fsp3) is 0.652. The van der Waals surface area contributed by atoms with Gasteiger partial charge in [-0.3, -0.25) is 19.4 Å². The molecule has 7 nitrogen and oxygen atoms in total. The van der Waals surface area contributed by atoms with Gasteiger partial charge < -0.3 is 15.0 Å². The van der Waals surface area contributed by atoms with Gasteiger partial charge in [-0.05, 0) is 57.8 Å². The number of anilines is 1. The number of ether oxygens (including phenoxy) is 1. The Balaban J connectivity index is 0.00000272. The van der Waals surface area contributed by atoms with Crippen LogP contribution in [0.5, 0.6) is 5.75 Å². The van der Waals surface area contributed by atoms with E-state index >= 15 is 0 Å². The number of carbonyl (C=O) groups is 2. The van der Waals surface area contributed by atoms with Crippen LogP contribution in [0.4, 0.5) is 5.69 Å². The van der Waals surface area contributed by atoms with Crippen LogP contribution < -0.4 is 15.0 Å². The number of para-hydroxylation sites is 2. The van der Waals surface area contributed by atoms with Crippen molar-refractivity contribution in [2.75, 3.05) is 57.8 Å². The molecule has 2 saturated heterocycles. The van der Waals surface area contributed by atoms with Gasteiger partial charge in [0.2, 0.25) is 11.8 Å². The minimum atomic E-state index is -0.738. The van der Waals surface area contributed by atoms with Crippen LogP contribution in [0.15, 0.2) is 24.3 Å². The first-order valence-electron chi connectivity index (χ1n) is 11.2. The summed E-state index contributed by atoms with van der Waals surface area (Å²) in [7, 11) is 1.74. The molecule has 1 aromatic carbocycles. The van der Waals surface area contributed by atoms with Gasteiger partial charge in [0, 0.05) is 32.7 Å². The van der Waals surface area contributed by atoms with E-state index in [2.05, 4.69) is 33.3 Å². The summed E-state index contributed by atoms with van der Waals surface area (Å²) < 4.78 is 6.08. The summed E-state index contributed by atoms with van der Waals surface area (Å²) in [5.41, 5.74) is 0.454. The number of hydrogen-bond acceptors (Lipinski definition) is 6. The van der Waals surface area contributed by atoms with E-state index in [9.17, 15) is 9.59 Å². The number of nitrogens with zero attached hydrogens (tertiary/aromatic N) is 3. The molecule has 1 aromatic rings. The highest BCUT2D eigenvalue weighted by molar-refractivity contribution is 6.08. The molecule has 1 saturated carbocycles. The number of nitrogens with one attached hydrogen (secondary N) is 1. The maximum Gasteiger partial charge on any atom is 0.249 e. The summed E-state index contributed by atoms with van der Waals surface area (Å²) in [5, 5.41) is 3.00. The first-order valence-corrected chi connectivity index (χ1v) is 11.2. The molecule has 31 heavy (non-hydrogen) atoms. The van der Waals surface area contributed by atoms with Gasteiger partial charge in [-0.1, -0.05) is 12.1 Å². The number of piperazine rings is 1. The predicted molar refractivity (Wildman–Crippen MR) is 124 cm³/mol. The highest BCUT2D eigenvalue weighted by Crippen LogP contribution is 2.33. The van der Waals surface area contributed by atoms with Gasteiger partial charge in [-0.2, -0.15) is 0 Å². The van der Waals surface area contributed by atoms with E-state index in [1.807, 2.05) is 6.07 Å². The Hall–Kier alpha value is -1.83. The van der Waals surface area contributed by atoms with E-state index in [1.54, 1.807) is 14.0 Å². The maximum atomic E-state index is 12.5. The SMILES string of the molecule is CNC1(C)CC(=O)N(CCCN2CCN(c3ccccc3OCC3CC3)CC2)C1=O.Cl. The van der Waals surface area contributed by atoms with E-state index in [-0.39, 0.29) is 30.6 Å². The van der Waals surface area contributed by atoms with Crippen LogP contribution in [0.1, 0.15) is 32.6 Å². The highest BCUT2D eigenvalue weighted by atomic mass is 35.5. The quantitative estimate of drug-likeness (QED) is 0.581. The average Bonchev–Trinajstić information content (AvgIpc) is 3.56. The van der Waals surface area contributed by atoms with Crippen molar-refractivity contribution in [2.45, 2.75) is 38.1 Å². The molecule has 172 valence electrons. The second kappa shape index (κ2) is 10.2. The predicted octanol–water partition coefficient (Wildman–Crippen LogP) is 2.15. The van der Waals surface area contributed by atoms with E-state index in [4.69, 9.17) is 4.74 Å². The molecular formula is C23H35ClN4O3. The number of carbonyl (C=O) groups excluding carboxylic acids is 2. The fourth-order valence-corrected chi connectivity index (χ4v) is 4.30. The fourth-order valence-electron chi connectivity index (χ4n) is 4.30. The van der Waals surface area contributed by atoms with Crippen LogP contribution in [-0.2, 0) is 9.59 Å². The molecule has 8 heteroatoms. The molecule has 1 N–H and O–H groups in total. The van der Waals surface area contributed by atoms with E-state index in [0.29, 0.717) is 6.54 Å². The van der Waals surface area contributed by atoms with E-state index < -0.39 is 5.54 Å². The smallest absolute Gasteiger partial charge is 0.249 e. The number of likely N-dealkylation sites (N-methyl/N-ethyl adjacent to an activating group) is 1. The third-order valence-corrected chi connectivity index (χ3v) is 6.68. The van der Waals surface area contributed by atoms with E-state index in [1.165, 1.54) is 23.4 Å². The summed E-state index contributed by atoms with van der Waals surface area (Å²) in [5.74, 6) is 1.58. The lowest BCUT2D eigenvalue weighted by Gasteiger charge is -2.37. The molecule has 0 spiro atoms. The maximum absolute atomic E-state index is 12.5. The Morgan fingerprint density at radius 1 is 1.10 bits per heavy atom. The second-order valence-electron chi connectivity index (χ2n) is 9.01. The molecule has 3 aliphatic rings. The molecular weight excluding hydrogens is 416 g/mol. The van der Waals surface area contributed by atoms with Gasteiger partial charge in [0.25, 0.3) is 0 Å². The number of likely N-dealkylation sites (tertiary alicyclic amines) is 1. The zero-order valence-electron chi connectivity index (χ0n) is 18.6. The van der Waals surface area contributed by atoms with Gasteiger partial charge in [0.05, 0.1) is 18.7 Å². The lowest BCUT2D eigenvalue weighted by atomic mass is 10.0. The minimum absolute atomic E-state index is 0. The van der Waals surface area contributed by atoms with Crippen molar-refractivity contribution in [3.8, 4) is 5.75 Å². The summed E-state index contributed by atoms with van der Waals surface area (Å²) in [6.45, 7) is 7.93. The van der Waals surface area contributed by atoms with Crippen molar-refractivity contribution in [1.82, 2.24) is 15.1 Å². The van der Waals surface area contributed by atoms with E-state index in [0.717, 1.165) is 57.4 Å². The van der Waals surface area contributed by atoms with Crippen LogP contribution in [0.25, 0.3) is 0 Å². The Kier molecular flexibility index (Phi) is 7.83. The van der Waals surface area contributed by atoms with Crippen LogP contribution in [-0.4, -0.2) is 80.1 Å². The Morgan fingerprint density at radius 2 is 1.81 bits per heavy atom.